The molecule has 0 radical (unpaired) electrons. The van der Waals surface area contributed by atoms with E-state index in [9.17, 15) is 4.79 Å². The Morgan fingerprint density at radius 1 is 1.37 bits per heavy atom. The minimum Gasteiger partial charge on any atom is -0.353 e. The van der Waals surface area contributed by atoms with Gasteiger partial charge in [-0.3, -0.25) is 0 Å². The van der Waals surface area contributed by atoms with E-state index in [-0.39, 0.29) is 24.2 Å². The third-order valence-electron chi connectivity index (χ3n) is 3.54. The zero-order valence-electron chi connectivity index (χ0n) is 11.7. The third kappa shape index (κ3) is 3.05. The average Bonchev–Trinajstić information content (AvgIpc) is 2.83. The molecule has 2 heterocycles. The number of ether oxygens (including phenoxy) is 4. The van der Waals surface area contributed by atoms with Crippen LogP contribution < -0.4 is 0 Å². The molecule has 0 aromatic heterocycles. The maximum atomic E-state index is 11.0. The standard InChI is InChI=1S/C14H22O5/c1-5-6-9(8-15)7-10-11-12(13(16-4)17-10)19-14(2,3)18-11/h5,8-13H,1,6-7H2,2-4H3/t9-,10+,11?,12?,13+/m0/s1. The highest BCUT2D eigenvalue weighted by Gasteiger charge is 2.55. The summed E-state index contributed by atoms with van der Waals surface area (Å²) in [7, 11) is 1.58. The van der Waals surface area contributed by atoms with Gasteiger partial charge in [0.1, 0.15) is 18.5 Å². The predicted octanol–water partition coefficient (Wildman–Crippen LogP) is 1.66. The van der Waals surface area contributed by atoms with Crippen molar-refractivity contribution in [1.29, 1.82) is 0 Å². The number of allylic oxidation sites excluding steroid dienone is 1. The summed E-state index contributed by atoms with van der Waals surface area (Å²) < 4.78 is 22.7. The Kier molecular flexibility index (Phi) is 4.40. The molecule has 108 valence electrons. The second-order valence-electron chi connectivity index (χ2n) is 5.50. The van der Waals surface area contributed by atoms with Crippen LogP contribution in [0.1, 0.15) is 26.7 Å². The molecule has 0 aromatic rings. The molecule has 0 amide bonds. The van der Waals surface area contributed by atoms with E-state index in [2.05, 4.69) is 6.58 Å². The van der Waals surface area contributed by atoms with Crippen LogP contribution in [-0.4, -0.2) is 43.8 Å². The number of hydrogen-bond donors (Lipinski definition) is 0. The van der Waals surface area contributed by atoms with Crippen molar-refractivity contribution in [2.45, 2.75) is 57.1 Å². The smallest absolute Gasteiger partial charge is 0.186 e. The van der Waals surface area contributed by atoms with Gasteiger partial charge in [-0.05, 0) is 26.7 Å². The fourth-order valence-electron chi connectivity index (χ4n) is 2.74. The van der Waals surface area contributed by atoms with Crippen LogP contribution in [0.15, 0.2) is 12.7 Å². The lowest BCUT2D eigenvalue weighted by atomic mass is 9.96. The molecule has 2 unspecified atom stereocenters. The first-order valence-electron chi connectivity index (χ1n) is 6.61. The van der Waals surface area contributed by atoms with Crippen LogP contribution in [0.4, 0.5) is 0 Å². The number of carbonyl (C=O) groups is 1. The van der Waals surface area contributed by atoms with Crippen LogP contribution in [0, 0.1) is 5.92 Å². The quantitative estimate of drug-likeness (QED) is 0.542. The second-order valence-corrected chi connectivity index (χ2v) is 5.50. The van der Waals surface area contributed by atoms with Crippen LogP contribution in [0.5, 0.6) is 0 Å². The number of hydrogen-bond acceptors (Lipinski definition) is 5. The first kappa shape index (κ1) is 14.7. The van der Waals surface area contributed by atoms with Gasteiger partial charge in [0.05, 0.1) is 6.10 Å². The van der Waals surface area contributed by atoms with Gasteiger partial charge >= 0.3 is 0 Å². The van der Waals surface area contributed by atoms with Crippen molar-refractivity contribution in [1.82, 2.24) is 0 Å². The maximum absolute atomic E-state index is 11.0. The van der Waals surface area contributed by atoms with Gasteiger partial charge in [-0.2, -0.15) is 0 Å². The molecule has 0 aliphatic carbocycles. The normalized spacial score (nSPS) is 37.8. The topological polar surface area (TPSA) is 54.0 Å². The summed E-state index contributed by atoms with van der Waals surface area (Å²) in [4.78, 5) is 11.0. The molecular formula is C14H22O5. The highest BCUT2D eigenvalue weighted by molar-refractivity contribution is 5.53. The summed E-state index contributed by atoms with van der Waals surface area (Å²) in [6.07, 6.45) is 2.88. The van der Waals surface area contributed by atoms with E-state index < -0.39 is 12.1 Å². The molecular weight excluding hydrogens is 248 g/mol. The number of rotatable bonds is 6. The number of aldehydes is 1. The second kappa shape index (κ2) is 5.71. The molecule has 0 saturated carbocycles. The highest BCUT2D eigenvalue weighted by Crippen LogP contribution is 2.40. The van der Waals surface area contributed by atoms with Crippen molar-refractivity contribution < 1.29 is 23.7 Å². The average molecular weight is 270 g/mol. The zero-order chi connectivity index (χ0) is 14.0. The van der Waals surface area contributed by atoms with Crippen LogP contribution in [0.25, 0.3) is 0 Å². The van der Waals surface area contributed by atoms with Gasteiger partial charge in [-0.1, -0.05) is 6.08 Å². The maximum Gasteiger partial charge on any atom is 0.186 e. The van der Waals surface area contributed by atoms with Crippen molar-refractivity contribution >= 4 is 6.29 Å². The summed E-state index contributed by atoms with van der Waals surface area (Å²) in [5, 5.41) is 0. The fraction of sp³-hybridized carbons (Fsp3) is 0.786. The van der Waals surface area contributed by atoms with Crippen molar-refractivity contribution in [3.63, 3.8) is 0 Å². The van der Waals surface area contributed by atoms with Gasteiger partial charge in [-0.25, -0.2) is 0 Å². The minimum absolute atomic E-state index is 0.105. The van der Waals surface area contributed by atoms with Gasteiger partial charge < -0.3 is 23.7 Å². The van der Waals surface area contributed by atoms with Crippen LogP contribution >= 0.6 is 0 Å². The zero-order valence-corrected chi connectivity index (χ0v) is 11.7. The summed E-state index contributed by atoms with van der Waals surface area (Å²) in [5.41, 5.74) is 0. The van der Waals surface area contributed by atoms with Crippen molar-refractivity contribution in [2.24, 2.45) is 5.92 Å². The van der Waals surface area contributed by atoms with E-state index in [1.807, 2.05) is 13.8 Å². The SMILES string of the molecule is C=CC[C@H](C=O)C[C@H]1O[C@@H](OC)C2OC(C)(C)OC21. The molecule has 0 bridgehead atoms. The summed E-state index contributed by atoms with van der Waals surface area (Å²) >= 11 is 0. The highest BCUT2D eigenvalue weighted by atomic mass is 16.8. The number of fused-ring (bicyclic) bond motifs is 1. The molecule has 5 atom stereocenters. The Labute approximate surface area is 113 Å². The molecule has 2 aliphatic heterocycles. The predicted molar refractivity (Wildman–Crippen MR) is 68.5 cm³/mol. The Morgan fingerprint density at radius 2 is 2.05 bits per heavy atom. The molecule has 0 aromatic carbocycles. The molecule has 2 rings (SSSR count). The van der Waals surface area contributed by atoms with Crippen molar-refractivity contribution in [3.05, 3.63) is 12.7 Å². The molecule has 19 heavy (non-hydrogen) atoms. The van der Waals surface area contributed by atoms with Gasteiger partial charge in [0.15, 0.2) is 12.1 Å². The van der Waals surface area contributed by atoms with Crippen LogP contribution in [0.2, 0.25) is 0 Å². The molecule has 2 fully saturated rings. The van der Waals surface area contributed by atoms with Gasteiger partial charge in [0.25, 0.3) is 0 Å². The molecule has 0 N–H and O–H groups in total. The molecule has 2 saturated heterocycles. The van der Waals surface area contributed by atoms with E-state index in [1.165, 1.54) is 0 Å². The Hall–Kier alpha value is -0.750. The van der Waals surface area contributed by atoms with Crippen LogP contribution in [0.3, 0.4) is 0 Å². The lowest BCUT2D eigenvalue weighted by molar-refractivity contribution is -0.228. The van der Waals surface area contributed by atoms with Crippen LogP contribution in [-0.2, 0) is 23.7 Å². The Bertz CT molecular complexity index is 341. The molecule has 5 heteroatoms. The van der Waals surface area contributed by atoms with Gasteiger partial charge in [0.2, 0.25) is 0 Å². The van der Waals surface area contributed by atoms with E-state index in [0.29, 0.717) is 12.8 Å². The largest absolute Gasteiger partial charge is 0.353 e. The molecule has 5 nitrogen and oxygen atoms in total. The lowest BCUT2D eigenvalue weighted by Gasteiger charge is -2.24. The summed E-state index contributed by atoms with van der Waals surface area (Å²) in [6, 6.07) is 0. The van der Waals surface area contributed by atoms with E-state index in [4.69, 9.17) is 18.9 Å². The van der Waals surface area contributed by atoms with Crippen molar-refractivity contribution in [3.8, 4) is 0 Å². The summed E-state index contributed by atoms with van der Waals surface area (Å²) in [6.45, 7) is 7.41. The van der Waals surface area contributed by atoms with E-state index in [0.717, 1.165) is 6.29 Å². The van der Waals surface area contributed by atoms with Gasteiger partial charge in [-0.15, -0.1) is 6.58 Å². The van der Waals surface area contributed by atoms with Gasteiger partial charge in [0, 0.05) is 13.0 Å². The Balaban J connectivity index is 2.05. The minimum atomic E-state index is -0.636. The Morgan fingerprint density at radius 3 is 2.63 bits per heavy atom. The molecule has 0 spiro atoms. The third-order valence-corrected chi connectivity index (χ3v) is 3.54. The number of carbonyl (C=O) groups excluding carboxylic acids is 1. The monoisotopic (exact) mass is 270 g/mol. The first-order valence-corrected chi connectivity index (χ1v) is 6.61. The fourth-order valence-corrected chi connectivity index (χ4v) is 2.74. The summed E-state index contributed by atoms with van der Waals surface area (Å²) in [5.74, 6) is -0.741. The first-order chi connectivity index (χ1) is 9.00. The van der Waals surface area contributed by atoms with E-state index >= 15 is 0 Å². The molecule has 2 aliphatic rings. The van der Waals surface area contributed by atoms with E-state index in [1.54, 1.807) is 13.2 Å². The van der Waals surface area contributed by atoms with Crippen molar-refractivity contribution in [2.75, 3.05) is 7.11 Å². The lowest BCUT2D eigenvalue weighted by Crippen LogP contribution is -2.31. The number of methoxy groups -OCH3 is 1.